The standard InChI is InChI=1S/C22H21N7O6S/c1-34-26-14(16-25-21(23)35-27-16)17(30)24-15-18(31)29-10-22(20(32)33,11-36-19(15)29)9-28-7-6-12-4-2-3-5-13(12)8-28/h2-8,15,19H,9-11H2,1H3,(H3-,23,24,25,27,30,32,33)/t15?,19-,22?/m1/s1. The molecule has 2 amide bonds. The highest BCUT2D eigenvalue weighted by atomic mass is 32.2. The number of rotatable bonds is 7. The highest BCUT2D eigenvalue weighted by molar-refractivity contribution is 8.00. The van der Waals surface area contributed by atoms with E-state index in [4.69, 9.17) is 5.73 Å². The summed E-state index contributed by atoms with van der Waals surface area (Å²) in [4.78, 5) is 47.9. The number of carboxylic acid groups (broad SMARTS) is 1. The van der Waals surface area contributed by atoms with E-state index >= 15 is 0 Å². The van der Waals surface area contributed by atoms with Crippen molar-refractivity contribution in [3.05, 3.63) is 48.5 Å². The van der Waals surface area contributed by atoms with Crippen molar-refractivity contribution in [3.63, 3.8) is 0 Å². The maximum atomic E-state index is 12.9. The Morgan fingerprint density at radius 3 is 2.86 bits per heavy atom. The van der Waals surface area contributed by atoms with Crippen molar-refractivity contribution < 1.29 is 33.4 Å². The monoisotopic (exact) mass is 511 g/mol. The number of fused-ring (bicyclic) bond motifs is 2. The second-order valence-corrected chi connectivity index (χ2v) is 9.62. The molecule has 0 saturated carbocycles. The topological polar surface area (TPSA) is 180 Å². The predicted octanol–water partition coefficient (Wildman–Crippen LogP) is -1.72. The number of aromatic nitrogens is 3. The third-order valence-electron chi connectivity index (χ3n) is 6.15. The zero-order valence-corrected chi connectivity index (χ0v) is 19.8. The Labute approximate surface area is 208 Å². The van der Waals surface area contributed by atoms with Crippen molar-refractivity contribution in [2.45, 2.75) is 18.0 Å². The lowest BCUT2D eigenvalue weighted by Gasteiger charge is -2.54. The number of nitrogens with zero attached hydrogens (tertiary/aromatic N) is 5. The van der Waals surface area contributed by atoms with Crippen LogP contribution in [0.1, 0.15) is 5.82 Å². The summed E-state index contributed by atoms with van der Waals surface area (Å²) in [5, 5.41) is 23.6. The van der Waals surface area contributed by atoms with Crippen LogP contribution in [0.25, 0.3) is 10.8 Å². The van der Waals surface area contributed by atoms with E-state index in [9.17, 15) is 19.5 Å². The summed E-state index contributed by atoms with van der Waals surface area (Å²) >= 11 is 1.27. The molecule has 2 aliphatic rings. The molecule has 3 atom stereocenters. The van der Waals surface area contributed by atoms with Crippen LogP contribution in [0.15, 0.2) is 52.4 Å². The lowest BCUT2D eigenvalue weighted by Crippen LogP contribution is -2.75. The summed E-state index contributed by atoms with van der Waals surface area (Å²) in [5.41, 5.74) is 3.79. The smallest absolute Gasteiger partial charge is 0.319 e. The fourth-order valence-corrected chi connectivity index (χ4v) is 5.88. The number of aliphatic carboxylic acids is 1. The van der Waals surface area contributed by atoms with Crippen molar-refractivity contribution in [1.29, 1.82) is 0 Å². The summed E-state index contributed by atoms with van der Waals surface area (Å²) in [6.07, 6.45) is 3.69. The maximum absolute atomic E-state index is 12.9. The Balaban J connectivity index is 1.30. The van der Waals surface area contributed by atoms with Crippen LogP contribution in [0.3, 0.4) is 0 Å². The van der Waals surface area contributed by atoms with Crippen LogP contribution in [-0.2, 0) is 25.8 Å². The van der Waals surface area contributed by atoms with E-state index in [1.54, 1.807) is 4.57 Å². The molecule has 36 heavy (non-hydrogen) atoms. The Hall–Kier alpha value is -4.20. The van der Waals surface area contributed by atoms with Gasteiger partial charge in [-0.1, -0.05) is 28.5 Å². The SMILES string of the molecule is CON=C(C(=O)NC1C(=O)N2CC(C[n+]3ccc4ccccc4c3)(C(=O)[O-])CS[C@H]12)c1noc(N)n1. The van der Waals surface area contributed by atoms with Gasteiger partial charge in [0.25, 0.3) is 5.91 Å². The number of carbonyl (C=O) groups excluding carboxylic acids is 3. The molecule has 1 aromatic carbocycles. The van der Waals surface area contributed by atoms with Gasteiger partial charge in [-0.3, -0.25) is 9.59 Å². The van der Waals surface area contributed by atoms with Gasteiger partial charge < -0.3 is 35.2 Å². The average molecular weight is 512 g/mol. The Bertz CT molecular complexity index is 1390. The van der Waals surface area contributed by atoms with Crippen molar-refractivity contribution >= 4 is 52.0 Å². The minimum absolute atomic E-state index is 0.0432. The molecule has 5 rings (SSSR count). The molecular formula is C22H21N7O6S. The molecule has 0 spiro atoms. The number of anilines is 1. The number of hydrogen-bond donors (Lipinski definition) is 2. The largest absolute Gasteiger partial charge is 0.549 e. The van der Waals surface area contributed by atoms with E-state index in [0.717, 1.165) is 10.8 Å². The molecule has 2 saturated heterocycles. The van der Waals surface area contributed by atoms with Gasteiger partial charge in [0.05, 0.1) is 11.4 Å². The van der Waals surface area contributed by atoms with Gasteiger partial charge in [0, 0.05) is 23.8 Å². The number of nitrogens with one attached hydrogen (secondary N) is 1. The van der Waals surface area contributed by atoms with Gasteiger partial charge in [0.2, 0.25) is 17.4 Å². The summed E-state index contributed by atoms with van der Waals surface area (Å²) in [6, 6.07) is 8.51. The minimum atomic E-state index is -1.30. The summed E-state index contributed by atoms with van der Waals surface area (Å²) < 4.78 is 6.47. The van der Waals surface area contributed by atoms with E-state index in [1.165, 1.54) is 23.8 Å². The van der Waals surface area contributed by atoms with Crippen LogP contribution in [-0.4, -0.2) is 69.4 Å². The average Bonchev–Trinajstić information content (AvgIpc) is 3.31. The first-order chi connectivity index (χ1) is 17.3. The van der Waals surface area contributed by atoms with Gasteiger partial charge in [-0.15, -0.1) is 11.8 Å². The van der Waals surface area contributed by atoms with Gasteiger partial charge in [0.1, 0.15) is 18.5 Å². The molecule has 4 heterocycles. The fourth-order valence-electron chi connectivity index (χ4n) is 4.35. The van der Waals surface area contributed by atoms with Gasteiger partial charge in [-0.2, -0.15) is 4.98 Å². The number of nitrogen functional groups attached to an aromatic ring is 1. The zero-order valence-electron chi connectivity index (χ0n) is 19.0. The molecular weight excluding hydrogens is 490 g/mol. The highest BCUT2D eigenvalue weighted by Gasteiger charge is 2.57. The first-order valence-corrected chi connectivity index (χ1v) is 11.9. The number of carboxylic acids is 1. The van der Waals surface area contributed by atoms with Crippen molar-refractivity contribution in [1.82, 2.24) is 20.4 Å². The Morgan fingerprint density at radius 2 is 2.17 bits per heavy atom. The quantitative estimate of drug-likeness (QED) is 0.160. The van der Waals surface area contributed by atoms with E-state index in [-0.39, 0.29) is 36.4 Å². The number of pyridine rings is 1. The molecule has 3 N–H and O–H groups in total. The first kappa shape index (κ1) is 23.5. The fraction of sp³-hybridized carbons (Fsp3) is 0.318. The molecule has 2 aliphatic heterocycles. The Morgan fingerprint density at radius 1 is 1.39 bits per heavy atom. The minimum Gasteiger partial charge on any atom is -0.549 e. The Kier molecular flexibility index (Phi) is 5.96. The number of thioether (sulfide) groups is 1. The molecule has 2 aromatic heterocycles. The van der Waals surface area contributed by atoms with Crippen molar-refractivity contribution in [3.8, 4) is 0 Å². The molecule has 2 unspecified atom stereocenters. The molecule has 0 radical (unpaired) electrons. The molecule has 13 nitrogen and oxygen atoms in total. The van der Waals surface area contributed by atoms with Crippen LogP contribution in [0.5, 0.6) is 0 Å². The number of benzene rings is 1. The molecule has 0 aliphatic carbocycles. The normalized spacial score (nSPS) is 23.6. The molecule has 0 bridgehead atoms. The van der Waals surface area contributed by atoms with Gasteiger partial charge >= 0.3 is 6.01 Å². The van der Waals surface area contributed by atoms with Gasteiger partial charge in [0.15, 0.2) is 18.9 Å². The van der Waals surface area contributed by atoms with Gasteiger partial charge in [-0.05, 0) is 11.5 Å². The van der Waals surface area contributed by atoms with E-state index in [0.29, 0.717) is 0 Å². The first-order valence-electron chi connectivity index (χ1n) is 10.8. The van der Waals surface area contributed by atoms with Crippen molar-refractivity contribution in [2.24, 2.45) is 10.6 Å². The number of oxime groups is 1. The second-order valence-electron chi connectivity index (χ2n) is 8.51. The summed E-state index contributed by atoms with van der Waals surface area (Å²) in [5.74, 6) is -2.43. The van der Waals surface area contributed by atoms with E-state index in [1.807, 2.05) is 42.7 Å². The highest BCUT2D eigenvalue weighted by Crippen LogP contribution is 2.42. The van der Waals surface area contributed by atoms with Crippen LogP contribution in [0.4, 0.5) is 6.01 Å². The molecule has 3 aromatic rings. The van der Waals surface area contributed by atoms with Crippen LogP contribution < -0.4 is 20.7 Å². The number of β-lactam (4-membered cyclic amide) rings is 1. The lowest BCUT2D eigenvalue weighted by molar-refractivity contribution is -0.706. The number of nitrogens with two attached hydrogens (primary N) is 1. The lowest BCUT2D eigenvalue weighted by atomic mass is 9.86. The van der Waals surface area contributed by atoms with Crippen LogP contribution >= 0.6 is 11.8 Å². The van der Waals surface area contributed by atoms with Crippen molar-refractivity contribution in [2.75, 3.05) is 25.1 Å². The molecule has 186 valence electrons. The zero-order chi connectivity index (χ0) is 25.4. The van der Waals surface area contributed by atoms with E-state index in [2.05, 4.69) is 30.0 Å². The van der Waals surface area contributed by atoms with Crippen LogP contribution in [0, 0.1) is 5.41 Å². The number of carbonyl (C=O) groups is 3. The summed E-state index contributed by atoms with van der Waals surface area (Å²) in [6.45, 7) is 0.0863. The predicted molar refractivity (Wildman–Crippen MR) is 124 cm³/mol. The van der Waals surface area contributed by atoms with E-state index < -0.39 is 34.6 Å². The van der Waals surface area contributed by atoms with Gasteiger partial charge in [-0.25, -0.2) is 4.57 Å². The maximum Gasteiger partial charge on any atom is 0.319 e. The number of hydrogen-bond acceptors (Lipinski definition) is 11. The molecule has 2 fully saturated rings. The third-order valence-corrected chi connectivity index (χ3v) is 7.73. The second kappa shape index (κ2) is 9.11. The third kappa shape index (κ3) is 4.08. The summed E-state index contributed by atoms with van der Waals surface area (Å²) in [7, 11) is 1.23. The van der Waals surface area contributed by atoms with Crippen LogP contribution in [0.2, 0.25) is 0 Å². The number of amides is 2. The molecule has 14 heteroatoms.